The van der Waals surface area contributed by atoms with Gasteiger partial charge in [-0.15, -0.1) is 11.3 Å². The minimum Gasteiger partial charge on any atom is -0.365 e. The van der Waals surface area contributed by atoms with Gasteiger partial charge in [-0.1, -0.05) is 43.6 Å². The molecule has 1 atom stereocenters. The van der Waals surface area contributed by atoms with Crippen LogP contribution in [0.2, 0.25) is 4.34 Å². The lowest BCUT2D eigenvalue weighted by molar-refractivity contribution is 0.403. The van der Waals surface area contributed by atoms with Crippen LogP contribution in [-0.4, -0.2) is 12.6 Å². The number of nitrogens with zero attached hydrogens (tertiary/aromatic N) is 1. The Morgan fingerprint density at radius 2 is 2.10 bits per heavy atom. The molecule has 2 nitrogen and oxygen atoms in total. The van der Waals surface area contributed by atoms with E-state index in [0.29, 0.717) is 12.0 Å². The van der Waals surface area contributed by atoms with Crippen molar-refractivity contribution in [2.75, 3.05) is 11.4 Å². The van der Waals surface area contributed by atoms with E-state index in [1.54, 1.807) is 11.3 Å². The van der Waals surface area contributed by atoms with Crippen LogP contribution in [0.15, 0.2) is 36.4 Å². The number of anilines is 1. The van der Waals surface area contributed by atoms with Crippen LogP contribution in [-0.2, 0) is 13.1 Å². The lowest BCUT2D eigenvalue weighted by Gasteiger charge is -2.29. The topological polar surface area (TPSA) is 15.3 Å². The highest BCUT2D eigenvalue weighted by Crippen LogP contribution is 2.29. The zero-order valence-corrected chi connectivity index (χ0v) is 14.0. The molecule has 1 aromatic carbocycles. The smallest absolute Gasteiger partial charge is 0.0931 e. The van der Waals surface area contributed by atoms with Crippen LogP contribution in [0.3, 0.4) is 0 Å². The van der Waals surface area contributed by atoms with Crippen molar-refractivity contribution in [1.82, 2.24) is 5.32 Å². The summed E-state index contributed by atoms with van der Waals surface area (Å²) < 4.78 is 0.867. The maximum atomic E-state index is 6.08. The molecule has 1 aromatic heterocycles. The van der Waals surface area contributed by atoms with Gasteiger partial charge in [-0.3, -0.25) is 0 Å². The highest BCUT2D eigenvalue weighted by molar-refractivity contribution is 7.16. The fourth-order valence-corrected chi connectivity index (χ4v) is 3.93. The zero-order valence-electron chi connectivity index (χ0n) is 12.5. The van der Waals surface area contributed by atoms with E-state index in [1.165, 1.54) is 16.1 Å². The summed E-state index contributed by atoms with van der Waals surface area (Å²) in [5.74, 6) is 0.619. The molecule has 21 heavy (non-hydrogen) atoms. The number of rotatable bonds is 3. The van der Waals surface area contributed by atoms with Gasteiger partial charge < -0.3 is 10.2 Å². The van der Waals surface area contributed by atoms with E-state index >= 15 is 0 Å². The third-order valence-electron chi connectivity index (χ3n) is 4.08. The summed E-state index contributed by atoms with van der Waals surface area (Å²) in [6.45, 7) is 7.48. The molecular weight excluding hydrogens is 300 g/mol. The van der Waals surface area contributed by atoms with E-state index in [9.17, 15) is 0 Å². The van der Waals surface area contributed by atoms with Crippen molar-refractivity contribution >= 4 is 28.6 Å². The van der Waals surface area contributed by atoms with Crippen molar-refractivity contribution in [2.24, 2.45) is 5.92 Å². The van der Waals surface area contributed by atoms with E-state index < -0.39 is 0 Å². The molecule has 0 fully saturated rings. The largest absolute Gasteiger partial charge is 0.365 e. The molecule has 1 aliphatic heterocycles. The maximum Gasteiger partial charge on any atom is 0.0931 e. The Morgan fingerprint density at radius 1 is 1.29 bits per heavy atom. The Bertz CT molecular complexity index is 608. The Hall–Kier alpha value is -1.03. The molecule has 4 heteroatoms. The van der Waals surface area contributed by atoms with Crippen LogP contribution in [0, 0.1) is 5.92 Å². The summed E-state index contributed by atoms with van der Waals surface area (Å²) in [5, 5.41) is 3.69. The summed E-state index contributed by atoms with van der Waals surface area (Å²) in [4.78, 5) is 3.81. The summed E-state index contributed by atoms with van der Waals surface area (Å²) >= 11 is 7.75. The average molecular weight is 321 g/mol. The normalized spacial score (nSPS) is 18.7. The van der Waals surface area contributed by atoms with Crippen LogP contribution < -0.4 is 10.2 Å². The number of hydrogen-bond acceptors (Lipinski definition) is 3. The number of nitrogens with one attached hydrogen (secondary N) is 1. The molecule has 0 spiro atoms. The number of fused-ring (bicyclic) bond motifs is 1. The average Bonchev–Trinajstić information content (AvgIpc) is 2.78. The van der Waals surface area contributed by atoms with E-state index in [2.05, 4.69) is 54.4 Å². The van der Waals surface area contributed by atoms with Crippen molar-refractivity contribution < 1.29 is 0 Å². The number of benzene rings is 1. The Labute approximate surface area is 135 Å². The van der Waals surface area contributed by atoms with Crippen molar-refractivity contribution in [3.05, 3.63) is 51.2 Å². The Kier molecular flexibility index (Phi) is 4.53. The van der Waals surface area contributed by atoms with Crippen molar-refractivity contribution in [2.45, 2.75) is 33.0 Å². The molecule has 1 N–H and O–H groups in total. The second-order valence-corrected chi connectivity index (χ2v) is 7.75. The molecule has 0 bridgehead atoms. The third kappa shape index (κ3) is 3.42. The van der Waals surface area contributed by atoms with E-state index in [4.69, 9.17) is 11.6 Å². The highest BCUT2D eigenvalue weighted by Gasteiger charge is 2.23. The third-order valence-corrected chi connectivity index (χ3v) is 5.30. The molecule has 0 saturated heterocycles. The monoisotopic (exact) mass is 320 g/mol. The number of para-hydroxylation sites is 1. The molecular formula is C17H21ClN2S. The SMILES string of the molecule is CC(C)C1CN(Cc2ccc(Cl)s2)c2ccccc2CN1. The predicted octanol–water partition coefficient (Wildman–Crippen LogP) is 4.54. The minimum absolute atomic E-state index is 0.507. The zero-order chi connectivity index (χ0) is 14.8. The molecule has 0 aliphatic carbocycles. The van der Waals surface area contributed by atoms with Gasteiger partial charge in [-0.2, -0.15) is 0 Å². The standard InChI is InChI=1S/C17H21ClN2S/c1-12(2)15-11-20(10-14-7-8-17(18)21-14)16-6-4-3-5-13(16)9-19-15/h3-8,12,15,19H,9-11H2,1-2H3. The Morgan fingerprint density at radius 3 is 2.81 bits per heavy atom. The van der Waals surface area contributed by atoms with Crippen LogP contribution in [0.1, 0.15) is 24.3 Å². The van der Waals surface area contributed by atoms with Gasteiger partial charge in [0.25, 0.3) is 0 Å². The molecule has 2 aromatic rings. The first-order valence-electron chi connectivity index (χ1n) is 7.44. The molecule has 3 rings (SSSR count). The van der Waals surface area contributed by atoms with Gasteiger partial charge in [0, 0.05) is 29.7 Å². The highest BCUT2D eigenvalue weighted by atomic mass is 35.5. The lowest BCUT2D eigenvalue weighted by Crippen LogP contribution is -2.41. The van der Waals surface area contributed by atoms with Gasteiger partial charge in [0.2, 0.25) is 0 Å². The van der Waals surface area contributed by atoms with Gasteiger partial charge in [-0.05, 0) is 29.7 Å². The first-order chi connectivity index (χ1) is 10.1. The summed E-state index contributed by atoms with van der Waals surface area (Å²) in [5.41, 5.74) is 2.72. The quantitative estimate of drug-likeness (QED) is 0.893. The summed E-state index contributed by atoms with van der Waals surface area (Å²) in [7, 11) is 0. The molecule has 1 unspecified atom stereocenters. The van der Waals surface area contributed by atoms with Crippen molar-refractivity contribution in [3.63, 3.8) is 0 Å². The Balaban J connectivity index is 1.89. The molecule has 112 valence electrons. The van der Waals surface area contributed by atoms with E-state index in [-0.39, 0.29) is 0 Å². The summed E-state index contributed by atoms with van der Waals surface area (Å²) in [6, 6.07) is 13.3. The first-order valence-corrected chi connectivity index (χ1v) is 8.63. The van der Waals surface area contributed by atoms with Gasteiger partial charge >= 0.3 is 0 Å². The van der Waals surface area contributed by atoms with Crippen LogP contribution in [0.5, 0.6) is 0 Å². The summed E-state index contributed by atoms with van der Waals surface area (Å²) in [6.07, 6.45) is 0. The fourth-order valence-electron chi connectivity index (χ4n) is 2.83. The van der Waals surface area contributed by atoms with Gasteiger partial charge in [0.05, 0.1) is 10.9 Å². The lowest BCUT2D eigenvalue weighted by atomic mass is 10.0. The fraction of sp³-hybridized carbons (Fsp3) is 0.412. The van der Waals surface area contributed by atoms with E-state index in [0.717, 1.165) is 24.0 Å². The first kappa shape index (κ1) is 14.9. The van der Waals surface area contributed by atoms with Crippen LogP contribution in [0.4, 0.5) is 5.69 Å². The molecule has 0 amide bonds. The molecule has 0 saturated carbocycles. The second-order valence-electron chi connectivity index (χ2n) is 5.95. The van der Waals surface area contributed by atoms with Gasteiger partial charge in [-0.25, -0.2) is 0 Å². The number of thiophene rings is 1. The molecule has 0 radical (unpaired) electrons. The molecule has 2 heterocycles. The number of hydrogen-bond donors (Lipinski definition) is 1. The predicted molar refractivity (Wildman–Crippen MR) is 92.3 cm³/mol. The molecule has 1 aliphatic rings. The van der Waals surface area contributed by atoms with Gasteiger partial charge in [0.1, 0.15) is 0 Å². The van der Waals surface area contributed by atoms with E-state index in [1.807, 2.05) is 6.07 Å². The van der Waals surface area contributed by atoms with Crippen LogP contribution in [0.25, 0.3) is 0 Å². The number of halogens is 1. The van der Waals surface area contributed by atoms with Crippen LogP contribution >= 0.6 is 22.9 Å². The van der Waals surface area contributed by atoms with Crippen molar-refractivity contribution in [1.29, 1.82) is 0 Å². The van der Waals surface area contributed by atoms with Crippen molar-refractivity contribution in [3.8, 4) is 0 Å². The van der Waals surface area contributed by atoms with Gasteiger partial charge in [0.15, 0.2) is 0 Å². The maximum absolute atomic E-state index is 6.08. The second kappa shape index (κ2) is 6.39. The minimum atomic E-state index is 0.507.